The Bertz CT molecular complexity index is 558. The topological polar surface area (TPSA) is 67.0 Å². The summed E-state index contributed by atoms with van der Waals surface area (Å²) in [4.78, 5) is 19.3. The molecule has 0 aliphatic carbocycles. The fourth-order valence-corrected chi connectivity index (χ4v) is 2.18. The quantitative estimate of drug-likeness (QED) is 0.795. The van der Waals surface area contributed by atoms with E-state index in [-0.39, 0.29) is 11.9 Å². The molecule has 18 heavy (non-hydrogen) atoms. The van der Waals surface area contributed by atoms with E-state index in [1.807, 2.05) is 18.2 Å². The minimum absolute atomic E-state index is 0.0105. The Labute approximate surface area is 105 Å². The highest BCUT2D eigenvalue weighted by molar-refractivity contribution is 5.99. The third-order valence-corrected chi connectivity index (χ3v) is 3.16. The van der Waals surface area contributed by atoms with E-state index in [2.05, 4.69) is 15.3 Å². The van der Waals surface area contributed by atoms with Crippen LogP contribution >= 0.6 is 0 Å². The van der Waals surface area contributed by atoms with Crippen molar-refractivity contribution >= 4 is 16.8 Å². The standard InChI is InChI=1S/C13H15N3O2/c17-13(6-10-7-14-3-4-18-10)9-1-2-11-12(5-9)16-8-15-11/h1-2,5,8,10,14H,3-4,6-7H2,(H,15,16). The molecular formula is C13H15N3O2. The van der Waals surface area contributed by atoms with Crippen molar-refractivity contribution in [1.29, 1.82) is 0 Å². The molecule has 0 bridgehead atoms. The second kappa shape index (κ2) is 4.88. The Morgan fingerprint density at radius 1 is 1.50 bits per heavy atom. The van der Waals surface area contributed by atoms with Crippen LogP contribution in [-0.2, 0) is 4.74 Å². The van der Waals surface area contributed by atoms with Gasteiger partial charge in [-0.25, -0.2) is 4.98 Å². The molecule has 0 saturated carbocycles. The van der Waals surface area contributed by atoms with Gasteiger partial charge in [0.05, 0.1) is 30.1 Å². The number of carbonyl (C=O) groups excluding carboxylic acids is 1. The van der Waals surface area contributed by atoms with Crippen LogP contribution in [0, 0.1) is 0 Å². The van der Waals surface area contributed by atoms with Crippen LogP contribution in [0.15, 0.2) is 24.5 Å². The molecule has 94 valence electrons. The van der Waals surface area contributed by atoms with Crippen molar-refractivity contribution in [1.82, 2.24) is 15.3 Å². The van der Waals surface area contributed by atoms with Crippen LogP contribution in [0.5, 0.6) is 0 Å². The van der Waals surface area contributed by atoms with Crippen LogP contribution in [0.4, 0.5) is 0 Å². The van der Waals surface area contributed by atoms with Crippen molar-refractivity contribution in [2.45, 2.75) is 12.5 Å². The van der Waals surface area contributed by atoms with Gasteiger partial charge in [0, 0.05) is 25.1 Å². The van der Waals surface area contributed by atoms with Crippen molar-refractivity contribution in [3.63, 3.8) is 0 Å². The molecule has 2 heterocycles. The second-order valence-corrected chi connectivity index (χ2v) is 4.46. The molecule has 3 rings (SSSR count). The number of hydrogen-bond acceptors (Lipinski definition) is 4. The van der Waals surface area contributed by atoms with Gasteiger partial charge in [0.15, 0.2) is 5.78 Å². The van der Waals surface area contributed by atoms with Gasteiger partial charge in [0.1, 0.15) is 0 Å². The molecule has 1 atom stereocenters. The molecule has 1 unspecified atom stereocenters. The first kappa shape index (κ1) is 11.4. The first-order valence-corrected chi connectivity index (χ1v) is 6.11. The first-order valence-electron chi connectivity index (χ1n) is 6.11. The molecule has 1 aliphatic heterocycles. The number of aromatic amines is 1. The summed E-state index contributed by atoms with van der Waals surface area (Å²) >= 11 is 0. The monoisotopic (exact) mass is 245 g/mol. The molecule has 1 aliphatic rings. The highest BCUT2D eigenvalue weighted by Crippen LogP contribution is 2.15. The van der Waals surface area contributed by atoms with E-state index in [1.165, 1.54) is 0 Å². The molecule has 2 aromatic rings. The molecular weight excluding hydrogens is 230 g/mol. The number of nitrogens with one attached hydrogen (secondary N) is 2. The van der Waals surface area contributed by atoms with Crippen molar-refractivity contribution < 1.29 is 9.53 Å². The van der Waals surface area contributed by atoms with Gasteiger partial charge in [-0.3, -0.25) is 4.79 Å². The number of rotatable bonds is 3. The van der Waals surface area contributed by atoms with Gasteiger partial charge in [-0.05, 0) is 18.2 Å². The first-order chi connectivity index (χ1) is 8.83. The zero-order chi connectivity index (χ0) is 12.4. The van der Waals surface area contributed by atoms with E-state index in [9.17, 15) is 4.79 Å². The molecule has 0 radical (unpaired) electrons. The summed E-state index contributed by atoms with van der Waals surface area (Å²) in [6.45, 7) is 2.29. The minimum atomic E-state index is -0.0105. The zero-order valence-electron chi connectivity index (χ0n) is 9.98. The highest BCUT2D eigenvalue weighted by atomic mass is 16.5. The fraction of sp³-hybridized carbons (Fsp3) is 0.385. The van der Waals surface area contributed by atoms with Crippen molar-refractivity contribution in [3.05, 3.63) is 30.1 Å². The highest BCUT2D eigenvalue weighted by Gasteiger charge is 2.18. The van der Waals surface area contributed by atoms with Crippen molar-refractivity contribution in [2.24, 2.45) is 0 Å². The number of fused-ring (bicyclic) bond motifs is 1. The predicted octanol–water partition coefficient (Wildman–Crippen LogP) is 1.12. The molecule has 0 amide bonds. The van der Waals surface area contributed by atoms with Crippen LogP contribution in [0.1, 0.15) is 16.8 Å². The van der Waals surface area contributed by atoms with Crippen LogP contribution in [0.2, 0.25) is 0 Å². The van der Waals surface area contributed by atoms with Crippen molar-refractivity contribution in [2.75, 3.05) is 19.7 Å². The van der Waals surface area contributed by atoms with Gasteiger partial charge in [-0.1, -0.05) is 0 Å². The van der Waals surface area contributed by atoms with Crippen LogP contribution < -0.4 is 5.32 Å². The molecule has 1 aromatic carbocycles. The number of morpholine rings is 1. The number of H-pyrrole nitrogens is 1. The fourth-order valence-electron chi connectivity index (χ4n) is 2.18. The van der Waals surface area contributed by atoms with Gasteiger partial charge in [0.25, 0.3) is 0 Å². The molecule has 0 spiro atoms. The maximum absolute atomic E-state index is 12.1. The van der Waals surface area contributed by atoms with E-state index in [1.54, 1.807) is 6.33 Å². The summed E-state index contributed by atoms with van der Waals surface area (Å²) < 4.78 is 5.54. The van der Waals surface area contributed by atoms with Gasteiger partial charge in [0.2, 0.25) is 0 Å². The van der Waals surface area contributed by atoms with Crippen LogP contribution in [0.3, 0.4) is 0 Å². The lowest BCUT2D eigenvalue weighted by molar-refractivity contribution is 0.0240. The second-order valence-electron chi connectivity index (χ2n) is 4.46. The number of carbonyl (C=O) groups is 1. The summed E-state index contributed by atoms with van der Waals surface area (Å²) in [6.07, 6.45) is 2.04. The SMILES string of the molecule is O=C(CC1CNCCO1)c1ccc2nc[nH]c2c1. The van der Waals surface area contributed by atoms with Gasteiger partial charge < -0.3 is 15.0 Å². The summed E-state index contributed by atoms with van der Waals surface area (Å²) in [5.74, 6) is 0.111. The smallest absolute Gasteiger partial charge is 0.165 e. The Morgan fingerprint density at radius 2 is 2.44 bits per heavy atom. The van der Waals surface area contributed by atoms with Gasteiger partial charge in [-0.15, -0.1) is 0 Å². The third kappa shape index (κ3) is 2.27. The van der Waals surface area contributed by atoms with Crippen LogP contribution in [0.25, 0.3) is 11.0 Å². The Hall–Kier alpha value is -1.72. The average molecular weight is 245 g/mol. The third-order valence-electron chi connectivity index (χ3n) is 3.16. The number of imidazole rings is 1. The molecule has 1 fully saturated rings. The normalized spacial score (nSPS) is 20.1. The summed E-state index contributed by atoms with van der Waals surface area (Å²) in [6, 6.07) is 5.53. The Morgan fingerprint density at radius 3 is 3.28 bits per heavy atom. The maximum Gasteiger partial charge on any atom is 0.165 e. The van der Waals surface area contributed by atoms with E-state index in [0.29, 0.717) is 18.6 Å². The lowest BCUT2D eigenvalue weighted by Crippen LogP contribution is -2.39. The summed E-state index contributed by atoms with van der Waals surface area (Å²) in [5.41, 5.74) is 2.48. The van der Waals surface area contributed by atoms with E-state index in [4.69, 9.17) is 4.74 Å². The summed E-state index contributed by atoms with van der Waals surface area (Å²) in [5, 5.41) is 3.22. The number of benzene rings is 1. The number of aromatic nitrogens is 2. The van der Waals surface area contributed by atoms with Crippen molar-refractivity contribution in [3.8, 4) is 0 Å². The zero-order valence-corrected chi connectivity index (χ0v) is 9.98. The van der Waals surface area contributed by atoms with E-state index >= 15 is 0 Å². The maximum atomic E-state index is 12.1. The van der Waals surface area contributed by atoms with Crippen LogP contribution in [-0.4, -0.2) is 41.6 Å². The number of ether oxygens (including phenoxy) is 1. The minimum Gasteiger partial charge on any atom is -0.375 e. The molecule has 1 saturated heterocycles. The predicted molar refractivity (Wildman–Crippen MR) is 67.7 cm³/mol. The van der Waals surface area contributed by atoms with Gasteiger partial charge >= 0.3 is 0 Å². The van der Waals surface area contributed by atoms with E-state index in [0.717, 1.165) is 24.1 Å². The lowest BCUT2D eigenvalue weighted by Gasteiger charge is -2.22. The molecule has 5 nitrogen and oxygen atoms in total. The average Bonchev–Trinajstić information content (AvgIpc) is 2.87. The number of Topliss-reactive ketones (excluding diaryl/α,β-unsaturated/α-hetero) is 1. The lowest BCUT2D eigenvalue weighted by atomic mass is 10.0. The Balaban J connectivity index is 1.74. The van der Waals surface area contributed by atoms with Gasteiger partial charge in [-0.2, -0.15) is 0 Å². The number of ketones is 1. The summed E-state index contributed by atoms with van der Waals surface area (Å²) in [7, 11) is 0. The van der Waals surface area contributed by atoms with E-state index < -0.39 is 0 Å². The Kier molecular flexibility index (Phi) is 3.08. The molecule has 2 N–H and O–H groups in total. The molecule has 5 heteroatoms. The molecule has 1 aromatic heterocycles. The largest absolute Gasteiger partial charge is 0.375 e. The number of nitrogens with zero attached hydrogens (tertiary/aromatic N) is 1. The number of hydrogen-bond donors (Lipinski definition) is 2.